The number of hydrogen-bond acceptors (Lipinski definition) is 5. The van der Waals surface area contributed by atoms with Crippen LogP contribution < -0.4 is 14.4 Å². The number of benzene rings is 3. The predicted octanol–water partition coefficient (Wildman–Crippen LogP) is 4.78. The summed E-state index contributed by atoms with van der Waals surface area (Å²) in [6.45, 7) is 1.86. The van der Waals surface area contributed by atoms with Crippen LogP contribution in [0.25, 0.3) is 5.76 Å². The normalized spacial score (nSPS) is 17.3. The summed E-state index contributed by atoms with van der Waals surface area (Å²) in [7, 11) is 2.95. The third kappa shape index (κ3) is 3.82. The van der Waals surface area contributed by atoms with Crippen LogP contribution in [0.3, 0.4) is 0 Å². The highest BCUT2D eigenvalue weighted by Crippen LogP contribution is 2.43. The van der Waals surface area contributed by atoms with Crippen molar-refractivity contribution in [2.24, 2.45) is 0 Å². The van der Waals surface area contributed by atoms with Gasteiger partial charge in [0.15, 0.2) is 11.5 Å². The highest BCUT2D eigenvalue weighted by molar-refractivity contribution is 6.51. The fraction of sp³-hybridized carbons (Fsp3) is 0.154. The van der Waals surface area contributed by atoms with Crippen LogP contribution in [-0.4, -0.2) is 31.0 Å². The number of carbonyl (C=O) groups excluding carboxylic acids is 2. The third-order valence-corrected chi connectivity index (χ3v) is 5.69. The summed E-state index contributed by atoms with van der Waals surface area (Å²) in [5.74, 6) is -1.63. The number of halogens is 1. The molecular weight excluding hydrogens is 425 g/mol. The summed E-state index contributed by atoms with van der Waals surface area (Å²) in [5, 5.41) is 11.2. The van der Waals surface area contributed by atoms with Crippen LogP contribution in [0.15, 0.2) is 72.3 Å². The SMILES string of the molecule is COc1ccc(/C(O)=C2\C(=O)C(=O)N(c3ccc(F)cc3)C2c2ccccc2C)cc1OC. The average molecular weight is 447 g/mol. The van der Waals surface area contributed by atoms with Gasteiger partial charge in [0.05, 0.1) is 25.8 Å². The van der Waals surface area contributed by atoms with Crippen LogP contribution in [0.5, 0.6) is 11.5 Å². The zero-order valence-electron chi connectivity index (χ0n) is 18.3. The molecule has 0 bridgehead atoms. The van der Waals surface area contributed by atoms with Gasteiger partial charge in [0, 0.05) is 11.3 Å². The Morgan fingerprint density at radius 2 is 1.61 bits per heavy atom. The molecule has 0 saturated carbocycles. The van der Waals surface area contributed by atoms with Gasteiger partial charge in [-0.1, -0.05) is 24.3 Å². The van der Waals surface area contributed by atoms with Crippen LogP contribution in [-0.2, 0) is 9.59 Å². The number of Topliss-reactive ketones (excluding diaryl/α,β-unsaturated/α-hetero) is 1. The largest absolute Gasteiger partial charge is 0.507 e. The summed E-state index contributed by atoms with van der Waals surface area (Å²) in [6.07, 6.45) is 0. The lowest BCUT2D eigenvalue weighted by Gasteiger charge is -2.26. The minimum atomic E-state index is -0.898. The van der Waals surface area contributed by atoms with E-state index >= 15 is 0 Å². The molecule has 1 aliphatic rings. The van der Waals surface area contributed by atoms with Crippen molar-refractivity contribution >= 4 is 23.1 Å². The minimum absolute atomic E-state index is 0.0640. The molecule has 7 heteroatoms. The van der Waals surface area contributed by atoms with Crippen molar-refractivity contribution in [2.75, 3.05) is 19.1 Å². The lowest BCUT2D eigenvalue weighted by molar-refractivity contribution is -0.132. The number of nitrogens with zero attached hydrogens (tertiary/aromatic N) is 1. The van der Waals surface area contributed by atoms with Crippen molar-refractivity contribution in [1.29, 1.82) is 0 Å². The predicted molar refractivity (Wildman–Crippen MR) is 122 cm³/mol. The van der Waals surface area contributed by atoms with E-state index in [9.17, 15) is 19.1 Å². The van der Waals surface area contributed by atoms with Gasteiger partial charge in [0.1, 0.15) is 11.6 Å². The number of anilines is 1. The molecular formula is C26H22FNO5. The lowest BCUT2D eigenvalue weighted by atomic mass is 9.92. The fourth-order valence-corrected chi connectivity index (χ4v) is 4.03. The molecule has 3 aromatic carbocycles. The van der Waals surface area contributed by atoms with E-state index in [2.05, 4.69) is 0 Å². The maximum atomic E-state index is 13.5. The molecule has 6 nitrogen and oxygen atoms in total. The third-order valence-electron chi connectivity index (χ3n) is 5.69. The molecule has 1 saturated heterocycles. The van der Waals surface area contributed by atoms with E-state index < -0.39 is 23.5 Å². The Bertz CT molecular complexity index is 1270. The van der Waals surface area contributed by atoms with Gasteiger partial charge in [-0.15, -0.1) is 0 Å². The van der Waals surface area contributed by atoms with Gasteiger partial charge in [-0.2, -0.15) is 0 Å². The average Bonchev–Trinajstić information content (AvgIpc) is 3.09. The molecule has 1 amide bonds. The van der Waals surface area contributed by atoms with Crippen molar-refractivity contribution in [3.63, 3.8) is 0 Å². The Morgan fingerprint density at radius 3 is 2.24 bits per heavy atom. The van der Waals surface area contributed by atoms with Gasteiger partial charge in [-0.25, -0.2) is 4.39 Å². The summed E-state index contributed by atoms with van der Waals surface area (Å²) >= 11 is 0. The number of amides is 1. The standard InChI is InChI=1S/C26H22FNO5/c1-15-6-4-5-7-19(15)23-22(24(29)16-8-13-20(32-2)21(14-16)33-3)25(30)26(31)28(23)18-11-9-17(27)10-12-18/h4-14,23,29H,1-3H3/b24-22+. The Hall–Kier alpha value is -4.13. The Morgan fingerprint density at radius 1 is 0.939 bits per heavy atom. The fourth-order valence-electron chi connectivity index (χ4n) is 4.03. The second-order valence-corrected chi connectivity index (χ2v) is 7.57. The van der Waals surface area contributed by atoms with Gasteiger partial charge in [0.2, 0.25) is 0 Å². The van der Waals surface area contributed by atoms with Crippen LogP contribution >= 0.6 is 0 Å². The molecule has 0 aromatic heterocycles. The molecule has 33 heavy (non-hydrogen) atoms. The summed E-state index contributed by atoms with van der Waals surface area (Å²) in [6, 6.07) is 16.4. The van der Waals surface area contributed by atoms with E-state index in [-0.39, 0.29) is 11.3 Å². The minimum Gasteiger partial charge on any atom is -0.507 e. The molecule has 1 N–H and O–H groups in total. The molecule has 1 unspecified atom stereocenters. The first kappa shape index (κ1) is 22.1. The highest BCUT2D eigenvalue weighted by atomic mass is 19.1. The molecule has 3 aromatic rings. The number of aryl methyl sites for hydroxylation is 1. The van der Waals surface area contributed by atoms with Gasteiger partial charge < -0.3 is 14.6 Å². The first-order valence-electron chi connectivity index (χ1n) is 10.2. The van der Waals surface area contributed by atoms with Crippen LogP contribution in [0, 0.1) is 12.7 Å². The van der Waals surface area contributed by atoms with Crippen LogP contribution in [0.4, 0.5) is 10.1 Å². The van der Waals surface area contributed by atoms with Crippen molar-refractivity contribution in [3.05, 3.63) is 94.8 Å². The topological polar surface area (TPSA) is 76.1 Å². The number of ether oxygens (including phenoxy) is 2. The highest BCUT2D eigenvalue weighted by Gasteiger charge is 2.47. The number of ketones is 1. The van der Waals surface area contributed by atoms with Crippen LogP contribution in [0.2, 0.25) is 0 Å². The van der Waals surface area contributed by atoms with Gasteiger partial charge >= 0.3 is 0 Å². The summed E-state index contributed by atoms with van der Waals surface area (Å²) in [4.78, 5) is 27.6. The van der Waals surface area contributed by atoms with Crippen molar-refractivity contribution in [3.8, 4) is 11.5 Å². The first-order valence-corrected chi connectivity index (χ1v) is 10.2. The monoisotopic (exact) mass is 447 g/mol. The second-order valence-electron chi connectivity index (χ2n) is 7.57. The number of hydrogen-bond donors (Lipinski definition) is 1. The molecule has 1 heterocycles. The Kier molecular flexibility index (Phi) is 5.87. The number of methoxy groups -OCH3 is 2. The zero-order valence-corrected chi connectivity index (χ0v) is 18.3. The molecule has 1 fully saturated rings. The quantitative estimate of drug-likeness (QED) is 0.346. The van der Waals surface area contributed by atoms with E-state index in [1.54, 1.807) is 24.3 Å². The Balaban J connectivity index is 1.96. The van der Waals surface area contributed by atoms with E-state index in [0.29, 0.717) is 28.3 Å². The van der Waals surface area contributed by atoms with Crippen LogP contribution in [0.1, 0.15) is 22.7 Å². The molecule has 4 rings (SSSR count). The second kappa shape index (κ2) is 8.78. The van der Waals surface area contributed by atoms with Gasteiger partial charge in [0.25, 0.3) is 11.7 Å². The first-order chi connectivity index (χ1) is 15.9. The molecule has 1 aliphatic heterocycles. The van der Waals surface area contributed by atoms with Gasteiger partial charge in [-0.05, 0) is 60.5 Å². The van der Waals surface area contributed by atoms with Gasteiger partial charge in [-0.3, -0.25) is 14.5 Å². The van der Waals surface area contributed by atoms with Crippen molar-refractivity contribution < 1.29 is 28.6 Å². The number of aliphatic hydroxyl groups is 1. The maximum Gasteiger partial charge on any atom is 0.300 e. The van der Waals surface area contributed by atoms with E-state index in [4.69, 9.17) is 9.47 Å². The number of carbonyl (C=O) groups is 2. The van der Waals surface area contributed by atoms with E-state index in [1.165, 1.54) is 49.5 Å². The summed E-state index contributed by atoms with van der Waals surface area (Å²) in [5.41, 5.74) is 2.07. The maximum absolute atomic E-state index is 13.5. The molecule has 1 atom stereocenters. The lowest BCUT2D eigenvalue weighted by Crippen LogP contribution is -2.29. The van der Waals surface area contributed by atoms with Crippen molar-refractivity contribution in [1.82, 2.24) is 0 Å². The van der Waals surface area contributed by atoms with Crippen molar-refractivity contribution in [2.45, 2.75) is 13.0 Å². The van der Waals surface area contributed by atoms with E-state index in [0.717, 1.165) is 5.56 Å². The van der Waals surface area contributed by atoms with E-state index in [1.807, 2.05) is 19.1 Å². The summed E-state index contributed by atoms with van der Waals surface area (Å²) < 4.78 is 24.1. The molecule has 168 valence electrons. The zero-order chi connectivity index (χ0) is 23.7. The number of rotatable bonds is 5. The number of aliphatic hydroxyl groups excluding tert-OH is 1. The molecule has 0 radical (unpaired) electrons. The molecule has 0 spiro atoms. The smallest absolute Gasteiger partial charge is 0.300 e. The molecule has 0 aliphatic carbocycles. The Labute approximate surface area is 190 Å².